The van der Waals surface area contributed by atoms with Gasteiger partial charge in [0, 0.05) is 33.2 Å². The highest BCUT2D eigenvalue weighted by atomic mass is 16.5. The molecule has 2 heterocycles. The van der Waals surface area contributed by atoms with E-state index in [1.807, 2.05) is 36.0 Å². The molecule has 0 spiro atoms. The van der Waals surface area contributed by atoms with Gasteiger partial charge < -0.3 is 24.7 Å². The molecule has 0 radical (unpaired) electrons. The molecular formula is C19H26N4O3. The zero-order valence-electron chi connectivity index (χ0n) is 15.3. The quantitative estimate of drug-likeness (QED) is 0.700. The molecule has 26 heavy (non-hydrogen) atoms. The van der Waals surface area contributed by atoms with E-state index in [0.717, 1.165) is 23.4 Å². The van der Waals surface area contributed by atoms with Crippen LogP contribution >= 0.6 is 0 Å². The lowest BCUT2D eigenvalue weighted by Crippen LogP contribution is -2.48. The number of aryl methyl sites for hydroxylation is 1. The lowest BCUT2D eigenvalue weighted by molar-refractivity contribution is -0.124. The number of carbonyl (C=O) groups is 1. The molecule has 0 unspecified atom stereocenters. The summed E-state index contributed by atoms with van der Waals surface area (Å²) in [6.45, 7) is 1.80. The average Bonchev–Trinajstić information content (AvgIpc) is 3.07. The topological polar surface area (TPSA) is 77.4 Å². The van der Waals surface area contributed by atoms with E-state index in [-0.39, 0.29) is 18.0 Å². The molecule has 0 saturated carbocycles. The van der Waals surface area contributed by atoms with Gasteiger partial charge in [-0.05, 0) is 24.1 Å². The number of ether oxygens (including phenoxy) is 2. The number of imidazole rings is 1. The standard InChI is InChI=1S/C19H26N4O3/c1-23-13-20-12-17(23)19-16(6-7-18(24)22-19)21-11-14-4-3-5-15(10-14)26-9-8-25-2/h3-5,10,12-13,16,19,21H,6-9,11H2,1-2H3,(H,22,24)/t16-,19-/m1/s1. The number of piperidine rings is 1. The Bertz CT molecular complexity index is 731. The number of hydrogen-bond donors (Lipinski definition) is 2. The highest BCUT2D eigenvalue weighted by Crippen LogP contribution is 2.24. The van der Waals surface area contributed by atoms with Crippen LogP contribution < -0.4 is 15.4 Å². The first-order valence-corrected chi connectivity index (χ1v) is 8.87. The molecule has 1 amide bonds. The Labute approximate surface area is 153 Å². The molecule has 2 atom stereocenters. The van der Waals surface area contributed by atoms with Crippen LogP contribution in [0.25, 0.3) is 0 Å². The number of hydrogen-bond acceptors (Lipinski definition) is 5. The second kappa shape index (κ2) is 8.82. The lowest BCUT2D eigenvalue weighted by Gasteiger charge is -2.33. The van der Waals surface area contributed by atoms with E-state index in [0.29, 0.717) is 26.2 Å². The highest BCUT2D eigenvalue weighted by molar-refractivity contribution is 5.77. The van der Waals surface area contributed by atoms with Crippen molar-refractivity contribution in [1.82, 2.24) is 20.2 Å². The maximum Gasteiger partial charge on any atom is 0.220 e. The van der Waals surface area contributed by atoms with Crippen LogP contribution in [0, 0.1) is 0 Å². The first kappa shape index (κ1) is 18.4. The molecule has 7 nitrogen and oxygen atoms in total. The van der Waals surface area contributed by atoms with Gasteiger partial charge in [-0.1, -0.05) is 12.1 Å². The van der Waals surface area contributed by atoms with Gasteiger partial charge in [0.15, 0.2) is 0 Å². The predicted molar refractivity (Wildman–Crippen MR) is 97.8 cm³/mol. The van der Waals surface area contributed by atoms with Gasteiger partial charge in [0.25, 0.3) is 0 Å². The number of aromatic nitrogens is 2. The largest absolute Gasteiger partial charge is 0.491 e. The molecule has 2 aromatic rings. The van der Waals surface area contributed by atoms with Crippen molar-refractivity contribution in [1.29, 1.82) is 0 Å². The van der Waals surface area contributed by atoms with Crippen LogP contribution in [0.3, 0.4) is 0 Å². The second-order valence-electron chi connectivity index (χ2n) is 6.49. The number of nitrogens with one attached hydrogen (secondary N) is 2. The third-order valence-corrected chi connectivity index (χ3v) is 4.60. The summed E-state index contributed by atoms with van der Waals surface area (Å²) in [5.41, 5.74) is 2.15. The van der Waals surface area contributed by atoms with Gasteiger partial charge in [-0.3, -0.25) is 4.79 Å². The molecule has 1 aromatic heterocycles. The van der Waals surface area contributed by atoms with Crippen LogP contribution in [0.5, 0.6) is 5.75 Å². The van der Waals surface area contributed by atoms with Crippen LogP contribution in [0.2, 0.25) is 0 Å². The summed E-state index contributed by atoms with van der Waals surface area (Å²) >= 11 is 0. The highest BCUT2D eigenvalue weighted by Gasteiger charge is 2.31. The molecule has 1 aliphatic rings. The zero-order valence-corrected chi connectivity index (χ0v) is 15.3. The van der Waals surface area contributed by atoms with Gasteiger partial charge in [-0.2, -0.15) is 0 Å². The number of amides is 1. The van der Waals surface area contributed by atoms with Crippen molar-refractivity contribution in [3.05, 3.63) is 48.0 Å². The summed E-state index contributed by atoms with van der Waals surface area (Å²) < 4.78 is 12.6. The van der Waals surface area contributed by atoms with Crippen molar-refractivity contribution < 1.29 is 14.3 Å². The Morgan fingerprint density at radius 1 is 1.38 bits per heavy atom. The van der Waals surface area contributed by atoms with Gasteiger partial charge >= 0.3 is 0 Å². The lowest BCUT2D eigenvalue weighted by atomic mass is 9.95. The van der Waals surface area contributed by atoms with E-state index in [2.05, 4.69) is 21.7 Å². The van der Waals surface area contributed by atoms with Crippen LogP contribution in [-0.2, 0) is 23.1 Å². The Kier molecular flexibility index (Phi) is 6.25. The number of carbonyl (C=O) groups excluding carboxylic acids is 1. The summed E-state index contributed by atoms with van der Waals surface area (Å²) in [6, 6.07) is 8.10. The predicted octanol–water partition coefficient (Wildman–Crippen LogP) is 1.55. The Balaban J connectivity index is 1.63. The van der Waals surface area contributed by atoms with Crippen molar-refractivity contribution >= 4 is 5.91 Å². The van der Waals surface area contributed by atoms with Crippen LogP contribution in [-0.4, -0.2) is 41.8 Å². The maximum atomic E-state index is 11.9. The first-order valence-electron chi connectivity index (χ1n) is 8.87. The number of methoxy groups -OCH3 is 1. The SMILES string of the molecule is COCCOc1cccc(CN[C@@H]2CCC(=O)N[C@H]2c2cncn2C)c1. The van der Waals surface area contributed by atoms with Crippen molar-refractivity contribution in [3.63, 3.8) is 0 Å². The van der Waals surface area contributed by atoms with Crippen molar-refractivity contribution in [2.75, 3.05) is 20.3 Å². The number of benzene rings is 1. The zero-order chi connectivity index (χ0) is 18.4. The molecule has 0 bridgehead atoms. The van der Waals surface area contributed by atoms with E-state index >= 15 is 0 Å². The Morgan fingerprint density at radius 2 is 2.27 bits per heavy atom. The van der Waals surface area contributed by atoms with Gasteiger partial charge in [0.2, 0.25) is 5.91 Å². The van der Waals surface area contributed by atoms with Crippen molar-refractivity contribution in [2.24, 2.45) is 7.05 Å². The minimum absolute atomic E-state index is 0.0788. The van der Waals surface area contributed by atoms with Crippen molar-refractivity contribution in [2.45, 2.75) is 31.5 Å². The molecule has 0 aliphatic carbocycles. The molecule has 140 valence electrons. The molecule has 1 saturated heterocycles. The van der Waals surface area contributed by atoms with Gasteiger partial charge in [0.1, 0.15) is 12.4 Å². The third kappa shape index (κ3) is 4.62. The van der Waals surface area contributed by atoms with E-state index in [4.69, 9.17) is 9.47 Å². The fraction of sp³-hybridized carbons (Fsp3) is 0.474. The number of rotatable bonds is 8. The minimum atomic E-state index is -0.0788. The van der Waals surface area contributed by atoms with Crippen LogP contribution in [0.4, 0.5) is 0 Å². The van der Waals surface area contributed by atoms with Crippen LogP contribution in [0.1, 0.15) is 30.1 Å². The van der Waals surface area contributed by atoms with E-state index in [1.54, 1.807) is 13.4 Å². The molecule has 1 aliphatic heterocycles. The molecular weight excluding hydrogens is 332 g/mol. The third-order valence-electron chi connectivity index (χ3n) is 4.60. The Morgan fingerprint density at radius 3 is 3.04 bits per heavy atom. The normalized spacial score (nSPS) is 20.0. The van der Waals surface area contributed by atoms with Gasteiger partial charge in [-0.25, -0.2) is 4.98 Å². The fourth-order valence-electron chi connectivity index (χ4n) is 3.20. The van der Waals surface area contributed by atoms with E-state index in [1.165, 1.54) is 0 Å². The summed E-state index contributed by atoms with van der Waals surface area (Å²) in [4.78, 5) is 16.1. The summed E-state index contributed by atoms with van der Waals surface area (Å²) in [6.07, 6.45) is 4.90. The second-order valence-corrected chi connectivity index (χ2v) is 6.49. The van der Waals surface area contributed by atoms with Gasteiger partial charge in [0.05, 0.1) is 30.9 Å². The van der Waals surface area contributed by atoms with Gasteiger partial charge in [-0.15, -0.1) is 0 Å². The maximum absolute atomic E-state index is 11.9. The molecule has 3 rings (SSSR count). The van der Waals surface area contributed by atoms with E-state index < -0.39 is 0 Å². The van der Waals surface area contributed by atoms with Crippen molar-refractivity contribution in [3.8, 4) is 5.75 Å². The molecule has 7 heteroatoms. The number of nitrogens with zero attached hydrogens (tertiary/aromatic N) is 2. The molecule has 2 N–H and O–H groups in total. The minimum Gasteiger partial charge on any atom is -0.491 e. The first-order chi connectivity index (χ1) is 12.7. The van der Waals surface area contributed by atoms with Crippen LogP contribution in [0.15, 0.2) is 36.8 Å². The fourth-order valence-corrected chi connectivity index (χ4v) is 3.20. The summed E-state index contributed by atoms with van der Waals surface area (Å²) in [7, 11) is 3.60. The Hall–Kier alpha value is -2.38. The smallest absolute Gasteiger partial charge is 0.220 e. The average molecular weight is 358 g/mol. The van der Waals surface area contributed by atoms with E-state index in [9.17, 15) is 4.79 Å². The molecule has 1 aromatic carbocycles. The summed E-state index contributed by atoms with van der Waals surface area (Å²) in [5, 5.41) is 6.67. The summed E-state index contributed by atoms with van der Waals surface area (Å²) in [5.74, 6) is 0.921. The molecule has 1 fully saturated rings. The monoisotopic (exact) mass is 358 g/mol.